The zero-order chi connectivity index (χ0) is 12.5. The van der Waals surface area contributed by atoms with Crippen LogP contribution < -0.4 is 0 Å². The van der Waals surface area contributed by atoms with Crippen LogP contribution in [0.5, 0.6) is 0 Å². The second-order valence-electron chi connectivity index (χ2n) is 6.29. The van der Waals surface area contributed by atoms with Gasteiger partial charge in [-0.15, -0.1) is 0 Å². The molecule has 0 atom stereocenters. The largest absolute Gasteiger partial charge is 0.300 e. The maximum Gasteiger partial charge on any atom is 0.248 e. The molecule has 1 nitrogen and oxygen atoms in total. The van der Waals surface area contributed by atoms with Gasteiger partial charge in [-0.05, 0) is 44.2 Å². The molecule has 0 amide bonds. The molecule has 1 aliphatic heterocycles. The highest BCUT2D eigenvalue weighted by atomic mass is 19.3. The topological polar surface area (TPSA) is 3.24 Å². The molecule has 0 aromatic heterocycles. The van der Waals surface area contributed by atoms with E-state index in [1.54, 1.807) is 0 Å². The number of alkyl halides is 2. The van der Waals surface area contributed by atoms with Gasteiger partial charge in [0.1, 0.15) is 0 Å². The zero-order valence-electron chi connectivity index (χ0n) is 11.1. The Labute approximate surface area is 104 Å². The van der Waals surface area contributed by atoms with Crippen molar-refractivity contribution in [3.8, 4) is 0 Å². The number of piperidine rings is 1. The number of halogens is 2. The summed E-state index contributed by atoms with van der Waals surface area (Å²) < 4.78 is 26.2. The van der Waals surface area contributed by atoms with Gasteiger partial charge in [-0.2, -0.15) is 0 Å². The van der Waals surface area contributed by atoms with E-state index in [1.807, 2.05) is 0 Å². The third-order valence-corrected chi connectivity index (χ3v) is 5.06. The monoisotopic (exact) mass is 245 g/mol. The minimum Gasteiger partial charge on any atom is -0.300 e. The predicted molar refractivity (Wildman–Crippen MR) is 66.4 cm³/mol. The minimum absolute atomic E-state index is 0.0964. The number of likely N-dealkylation sites (tertiary alicyclic amines) is 1. The van der Waals surface area contributed by atoms with Crippen molar-refractivity contribution >= 4 is 0 Å². The second-order valence-corrected chi connectivity index (χ2v) is 6.29. The number of hydrogen-bond acceptors (Lipinski definition) is 1. The van der Waals surface area contributed by atoms with Crippen LogP contribution in [0, 0.1) is 5.41 Å². The zero-order valence-corrected chi connectivity index (χ0v) is 11.1. The molecule has 100 valence electrons. The van der Waals surface area contributed by atoms with Crippen LogP contribution in [-0.2, 0) is 0 Å². The van der Waals surface area contributed by atoms with Crippen molar-refractivity contribution in [2.24, 2.45) is 5.41 Å². The molecule has 17 heavy (non-hydrogen) atoms. The Balaban J connectivity index is 1.82. The lowest BCUT2D eigenvalue weighted by molar-refractivity contribution is -0.0594. The van der Waals surface area contributed by atoms with E-state index in [9.17, 15) is 8.78 Å². The molecule has 1 saturated heterocycles. The average Bonchev–Trinajstić information content (AvgIpc) is 2.31. The number of rotatable bonds is 2. The summed E-state index contributed by atoms with van der Waals surface area (Å²) in [6.45, 7) is 6.84. The van der Waals surface area contributed by atoms with Gasteiger partial charge in [0.25, 0.3) is 0 Å². The van der Waals surface area contributed by atoms with Gasteiger partial charge in [0, 0.05) is 18.9 Å². The number of hydrogen-bond donors (Lipinski definition) is 0. The number of nitrogens with zero attached hydrogens (tertiary/aromatic N) is 1. The third kappa shape index (κ3) is 3.18. The molecule has 0 spiro atoms. The van der Waals surface area contributed by atoms with Gasteiger partial charge in [-0.25, -0.2) is 8.78 Å². The molecule has 2 fully saturated rings. The van der Waals surface area contributed by atoms with Crippen molar-refractivity contribution < 1.29 is 8.78 Å². The van der Waals surface area contributed by atoms with Gasteiger partial charge in [0.05, 0.1) is 0 Å². The summed E-state index contributed by atoms with van der Waals surface area (Å²) in [5.41, 5.74) is 0.495. The van der Waals surface area contributed by atoms with Crippen LogP contribution in [0.15, 0.2) is 0 Å². The van der Waals surface area contributed by atoms with Gasteiger partial charge in [0.15, 0.2) is 0 Å². The molecule has 3 heteroatoms. The smallest absolute Gasteiger partial charge is 0.248 e. The van der Waals surface area contributed by atoms with Crippen LogP contribution in [0.25, 0.3) is 0 Å². The maximum atomic E-state index is 13.1. The SMILES string of the molecule is CCC1(C)CCN(C2CCC(F)(F)CC2)CC1. The molecule has 0 N–H and O–H groups in total. The van der Waals surface area contributed by atoms with Crippen LogP contribution in [0.4, 0.5) is 8.78 Å². The summed E-state index contributed by atoms with van der Waals surface area (Å²) in [6, 6.07) is 0.427. The molecule has 0 bridgehead atoms. The van der Waals surface area contributed by atoms with Gasteiger partial charge in [0.2, 0.25) is 5.92 Å². The Morgan fingerprint density at radius 1 is 1.06 bits per heavy atom. The molecular formula is C14H25F2N. The minimum atomic E-state index is -2.38. The Morgan fingerprint density at radius 2 is 1.59 bits per heavy atom. The second kappa shape index (κ2) is 4.83. The maximum absolute atomic E-state index is 13.1. The fraction of sp³-hybridized carbons (Fsp3) is 1.00. The first-order valence-electron chi connectivity index (χ1n) is 7.06. The summed E-state index contributed by atoms with van der Waals surface area (Å²) in [5, 5.41) is 0. The molecule has 0 aromatic carbocycles. The van der Waals surface area contributed by atoms with Crippen LogP contribution in [-0.4, -0.2) is 30.0 Å². The van der Waals surface area contributed by atoms with Crippen molar-refractivity contribution in [1.29, 1.82) is 0 Å². The van der Waals surface area contributed by atoms with Crippen molar-refractivity contribution in [2.45, 2.75) is 70.8 Å². The highest BCUT2D eigenvalue weighted by molar-refractivity contribution is 4.88. The van der Waals surface area contributed by atoms with Crippen LogP contribution in [0.2, 0.25) is 0 Å². The highest BCUT2D eigenvalue weighted by Crippen LogP contribution is 2.39. The van der Waals surface area contributed by atoms with E-state index in [-0.39, 0.29) is 12.8 Å². The Kier molecular flexibility index (Phi) is 3.77. The van der Waals surface area contributed by atoms with Gasteiger partial charge < -0.3 is 4.90 Å². The molecule has 0 radical (unpaired) electrons. The Hall–Kier alpha value is -0.180. The average molecular weight is 245 g/mol. The van der Waals surface area contributed by atoms with E-state index >= 15 is 0 Å². The summed E-state index contributed by atoms with van der Waals surface area (Å²) in [7, 11) is 0. The van der Waals surface area contributed by atoms with Gasteiger partial charge >= 0.3 is 0 Å². The third-order valence-electron chi connectivity index (χ3n) is 5.06. The van der Waals surface area contributed by atoms with E-state index in [1.165, 1.54) is 19.3 Å². The Morgan fingerprint density at radius 3 is 2.06 bits per heavy atom. The standard InChI is InChI=1S/C14H25F2N/c1-3-13(2)8-10-17(11-9-13)12-4-6-14(15,16)7-5-12/h12H,3-11H2,1-2H3. The van der Waals surface area contributed by atoms with Crippen molar-refractivity contribution in [2.75, 3.05) is 13.1 Å². The molecule has 0 aromatic rings. The molecule has 1 aliphatic carbocycles. The molecule has 0 unspecified atom stereocenters. The molecule has 2 rings (SSSR count). The summed E-state index contributed by atoms with van der Waals surface area (Å²) in [4.78, 5) is 2.46. The van der Waals surface area contributed by atoms with Crippen molar-refractivity contribution in [3.05, 3.63) is 0 Å². The van der Waals surface area contributed by atoms with Crippen LogP contribution in [0.3, 0.4) is 0 Å². The lowest BCUT2D eigenvalue weighted by atomic mass is 9.77. The van der Waals surface area contributed by atoms with Crippen molar-refractivity contribution in [1.82, 2.24) is 4.90 Å². The predicted octanol–water partition coefficient (Wildman–Crippen LogP) is 4.08. The van der Waals surface area contributed by atoms with E-state index < -0.39 is 5.92 Å². The van der Waals surface area contributed by atoms with Crippen LogP contribution >= 0.6 is 0 Å². The molecular weight excluding hydrogens is 220 g/mol. The first-order chi connectivity index (χ1) is 7.94. The lowest BCUT2D eigenvalue weighted by Gasteiger charge is -2.44. The fourth-order valence-corrected chi connectivity index (χ4v) is 3.17. The van der Waals surface area contributed by atoms with Gasteiger partial charge in [-0.1, -0.05) is 20.3 Å². The fourth-order valence-electron chi connectivity index (χ4n) is 3.17. The summed E-state index contributed by atoms with van der Waals surface area (Å²) in [6.07, 6.45) is 5.28. The quantitative estimate of drug-likeness (QED) is 0.708. The van der Waals surface area contributed by atoms with E-state index in [2.05, 4.69) is 18.7 Å². The van der Waals surface area contributed by atoms with Gasteiger partial charge in [-0.3, -0.25) is 0 Å². The summed E-state index contributed by atoms with van der Waals surface area (Å²) >= 11 is 0. The van der Waals surface area contributed by atoms with E-state index in [4.69, 9.17) is 0 Å². The van der Waals surface area contributed by atoms with Crippen molar-refractivity contribution in [3.63, 3.8) is 0 Å². The molecule has 1 heterocycles. The highest BCUT2D eigenvalue weighted by Gasteiger charge is 2.38. The van der Waals surface area contributed by atoms with Crippen LogP contribution in [0.1, 0.15) is 58.8 Å². The lowest BCUT2D eigenvalue weighted by Crippen LogP contribution is -2.46. The Bertz CT molecular complexity index is 247. The first kappa shape index (κ1) is 13.3. The first-order valence-corrected chi connectivity index (χ1v) is 7.06. The van der Waals surface area contributed by atoms with E-state index in [0.29, 0.717) is 24.3 Å². The molecule has 2 aliphatic rings. The summed E-state index contributed by atoms with van der Waals surface area (Å²) in [5.74, 6) is -2.38. The molecule has 1 saturated carbocycles. The van der Waals surface area contributed by atoms with E-state index in [0.717, 1.165) is 13.1 Å². The normalized spacial score (nSPS) is 30.4.